The molecule has 0 fully saturated rings. The molecule has 0 amide bonds. The maximum atomic E-state index is 5.76. The van der Waals surface area contributed by atoms with Crippen LogP contribution in [-0.2, 0) is 13.6 Å². The van der Waals surface area contributed by atoms with Gasteiger partial charge in [-0.3, -0.25) is 4.68 Å². The van der Waals surface area contributed by atoms with E-state index in [0.29, 0.717) is 11.5 Å². The Morgan fingerprint density at radius 1 is 1.45 bits per heavy atom. The number of nitrogens with zero attached hydrogens (tertiary/aromatic N) is 2. The summed E-state index contributed by atoms with van der Waals surface area (Å²) < 4.78 is 2.88. The zero-order valence-corrected chi connectivity index (χ0v) is 14.1. The number of rotatable bonds is 4. The topological polar surface area (TPSA) is 55.9 Å². The van der Waals surface area contributed by atoms with Crippen LogP contribution >= 0.6 is 28.1 Å². The van der Waals surface area contributed by atoms with Gasteiger partial charge in [-0.2, -0.15) is 5.10 Å². The second kappa shape index (κ2) is 5.93. The summed E-state index contributed by atoms with van der Waals surface area (Å²) >= 11 is 8.55. The van der Waals surface area contributed by atoms with E-state index in [2.05, 4.69) is 33.3 Å². The van der Waals surface area contributed by atoms with Crippen molar-refractivity contribution in [2.24, 2.45) is 12.8 Å². The summed E-state index contributed by atoms with van der Waals surface area (Å²) in [5, 5.41) is 7.81. The molecule has 0 aliphatic rings. The summed E-state index contributed by atoms with van der Waals surface area (Å²) in [4.78, 5) is 0.389. The van der Waals surface area contributed by atoms with Crippen LogP contribution in [0.25, 0.3) is 0 Å². The Morgan fingerprint density at radius 3 is 2.70 bits per heavy atom. The molecule has 1 aromatic carbocycles. The third-order valence-electron chi connectivity index (χ3n) is 3.36. The Balaban J connectivity index is 2.27. The molecule has 106 valence electrons. The zero-order valence-electron chi connectivity index (χ0n) is 11.7. The van der Waals surface area contributed by atoms with Crippen molar-refractivity contribution < 1.29 is 0 Å². The average Bonchev–Trinajstić information content (AvgIpc) is 2.61. The van der Waals surface area contributed by atoms with Crippen LogP contribution < -0.4 is 11.1 Å². The molecule has 0 spiro atoms. The van der Waals surface area contributed by atoms with Crippen molar-refractivity contribution >= 4 is 38.8 Å². The molecule has 6 heteroatoms. The highest BCUT2D eigenvalue weighted by Crippen LogP contribution is 2.23. The maximum absolute atomic E-state index is 5.76. The number of anilines is 1. The fourth-order valence-electron chi connectivity index (χ4n) is 2.13. The van der Waals surface area contributed by atoms with E-state index >= 15 is 0 Å². The summed E-state index contributed by atoms with van der Waals surface area (Å²) in [6.45, 7) is 4.77. The smallest absolute Gasteiger partial charge is 0.106 e. The highest BCUT2D eigenvalue weighted by molar-refractivity contribution is 9.10. The fourth-order valence-corrected chi connectivity index (χ4v) is 2.67. The Labute approximate surface area is 132 Å². The number of aryl methyl sites for hydroxylation is 2. The van der Waals surface area contributed by atoms with Gasteiger partial charge in [0.2, 0.25) is 0 Å². The van der Waals surface area contributed by atoms with Crippen LogP contribution in [0.15, 0.2) is 22.7 Å². The lowest BCUT2D eigenvalue weighted by Crippen LogP contribution is -2.13. The molecule has 2 aromatic rings. The van der Waals surface area contributed by atoms with E-state index in [0.717, 1.165) is 27.1 Å². The van der Waals surface area contributed by atoms with E-state index in [4.69, 9.17) is 18.0 Å². The fraction of sp³-hybridized carbons (Fsp3) is 0.286. The number of hydrogen-bond donors (Lipinski definition) is 2. The predicted molar refractivity (Wildman–Crippen MR) is 90.0 cm³/mol. The summed E-state index contributed by atoms with van der Waals surface area (Å²) in [5.74, 6) is 0. The molecular weight excluding hydrogens is 336 g/mol. The average molecular weight is 353 g/mol. The molecule has 0 radical (unpaired) electrons. The number of hydrogen-bond acceptors (Lipinski definition) is 3. The van der Waals surface area contributed by atoms with Crippen molar-refractivity contribution in [3.63, 3.8) is 0 Å². The van der Waals surface area contributed by atoms with Gasteiger partial charge < -0.3 is 11.1 Å². The number of thiocarbonyl (C=S) groups is 1. The first kappa shape index (κ1) is 15.0. The first-order valence-electron chi connectivity index (χ1n) is 6.22. The Kier molecular flexibility index (Phi) is 4.45. The van der Waals surface area contributed by atoms with E-state index in [-0.39, 0.29) is 0 Å². The van der Waals surface area contributed by atoms with Gasteiger partial charge in [0, 0.05) is 40.6 Å². The molecule has 2 rings (SSSR count). The molecule has 0 saturated heterocycles. The van der Waals surface area contributed by atoms with Crippen LogP contribution in [0.1, 0.15) is 22.5 Å². The van der Waals surface area contributed by atoms with Crippen molar-refractivity contribution in [3.8, 4) is 0 Å². The second-order valence-corrected chi connectivity index (χ2v) is 6.04. The molecule has 0 unspecified atom stereocenters. The van der Waals surface area contributed by atoms with Crippen LogP contribution in [0.5, 0.6) is 0 Å². The highest BCUT2D eigenvalue weighted by atomic mass is 79.9. The molecule has 0 bridgehead atoms. The SMILES string of the molecule is Cc1nn(C)c(C)c1CNc1cc(Br)ccc1C(N)=S. The summed E-state index contributed by atoms with van der Waals surface area (Å²) in [7, 11) is 1.95. The van der Waals surface area contributed by atoms with Crippen LogP contribution in [-0.4, -0.2) is 14.8 Å². The number of nitrogens with two attached hydrogens (primary N) is 1. The summed E-state index contributed by atoms with van der Waals surface area (Å²) in [6, 6.07) is 5.83. The lowest BCUT2D eigenvalue weighted by molar-refractivity contribution is 0.730. The summed E-state index contributed by atoms with van der Waals surface area (Å²) in [6.07, 6.45) is 0. The van der Waals surface area contributed by atoms with Gasteiger partial charge >= 0.3 is 0 Å². The third kappa shape index (κ3) is 3.02. The number of halogens is 1. The van der Waals surface area contributed by atoms with Gasteiger partial charge in [-0.05, 0) is 32.0 Å². The molecule has 4 nitrogen and oxygen atoms in total. The van der Waals surface area contributed by atoms with Crippen molar-refractivity contribution in [3.05, 3.63) is 45.2 Å². The van der Waals surface area contributed by atoms with Crippen molar-refractivity contribution in [2.45, 2.75) is 20.4 Å². The minimum Gasteiger partial charge on any atom is -0.389 e. The molecular formula is C14H17BrN4S. The largest absolute Gasteiger partial charge is 0.389 e. The highest BCUT2D eigenvalue weighted by Gasteiger charge is 2.11. The standard InChI is InChI=1S/C14H17BrN4S/c1-8-12(9(2)19(3)18-8)7-17-13-6-10(15)4-5-11(13)14(16)20/h4-6,17H,7H2,1-3H3,(H2,16,20). The van der Waals surface area contributed by atoms with E-state index < -0.39 is 0 Å². The quantitative estimate of drug-likeness (QED) is 0.830. The normalized spacial score (nSPS) is 10.6. The van der Waals surface area contributed by atoms with Crippen LogP contribution in [0.3, 0.4) is 0 Å². The van der Waals surface area contributed by atoms with Crippen LogP contribution in [0, 0.1) is 13.8 Å². The van der Waals surface area contributed by atoms with E-state index in [1.54, 1.807) is 0 Å². The molecule has 0 aliphatic carbocycles. The van der Waals surface area contributed by atoms with Gasteiger partial charge in [-0.15, -0.1) is 0 Å². The minimum atomic E-state index is 0.389. The van der Waals surface area contributed by atoms with Gasteiger partial charge in [-0.25, -0.2) is 0 Å². The van der Waals surface area contributed by atoms with Crippen LogP contribution in [0.2, 0.25) is 0 Å². The Bertz CT molecular complexity index is 663. The van der Waals surface area contributed by atoms with Crippen molar-refractivity contribution in [1.29, 1.82) is 0 Å². The lowest BCUT2D eigenvalue weighted by Gasteiger charge is -2.12. The lowest BCUT2D eigenvalue weighted by atomic mass is 10.1. The van der Waals surface area contributed by atoms with Crippen LogP contribution in [0.4, 0.5) is 5.69 Å². The molecule has 0 aliphatic heterocycles. The second-order valence-electron chi connectivity index (χ2n) is 4.68. The predicted octanol–water partition coefficient (Wildman–Crippen LogP) is 3.05. The maximum Gasteiger partial charge on any atom is 0.106 e. The number of benzene rings is 1. The molecule has 0 atom stereocenters. The van der Waals surface area contributed by atoms with Gasteiger partial charge in [0.15, 0.2) is 0 Å². The molecule has 1 heterocycles. The Hall–Kier alpha value is -1.40. The molecule has 1 aromatic heterocycles. The molecule has 3 N–H and O–H groups in total. The van der Waals surface area contributed by atoms with Crippen molar-refractivity contribution in [1.82, 2.24) is 9.78 Å². The number of nitrogens with one attached hydrogen (secondary N) is 1. The first-order chi connectivity index (χ1) is 9.40. The minimum absolute atomic E-state index is 0.389. The van der Waals surface area contributed by atoms with Crippen molar-refractivity contribution in [2.75, 3.05) is 5.32 Å². The van der Waals surface area contributed by atoms with Gasteiger partial charge in [-0.1, -0.05) is 28.1 Å². The first-order valence-corrected chi connectivity index (χ1v) is 7.42. The van der Waals surface area contributed by atoms with Gasteiger partial charge in [0.25, 0.3) is 0 Å². The molecule has 20 heavy (non-hydrogen) atoms. The van der Waals surface area contributed by atoms with E-state index in [1.165, 1.54) is 5.56 Å². The van der Waals surface area contributed by atoms with Gasteiger partial charge in [0.05, 0.1) is 5.69 Å². The Morgan fingerprint density at radius 2 is 2.15 bits per heavy atom. The number of aromatic nitrogens is 2. The third-order valence-corrected chi connectivity index (χ3v) is 4.07. The van der Waals surface area contributed by atoms with Gasteiger partial charge in [0.1, 0.15) is 4.99 Å². The van der Waals surface area contributed by atoms with E-state index in [1.807, 2.05) is 36.9 Å². The monoisotopic (exact) mass is 352 g/mol. The zero-order chi connectivity index (χ0) is 14.9. The van der Waals surface area contributed by atoms with E-state index in [9.17, 15) is 0 Å². The summed E-state index contributed by atoms with van der Waals surface area (Å²) in [5.41, 5.74) is 10.9. The molecule has 0 saturated carbocycles.